The van der Waals surface area contributed by atoms with Gasteiger partial charge < -0.3 is 16.0 Å². The number of nitrogens with one attached hydrogen (secondary N) is 3. The van der Waals surface area contributed by atoms with Gasteiger partial charge in [0, 0.05) is 13.0 Å². The van der Waals surface area contributed by atoms with E-state index < -0.39 is 6.04 Å². The number of rotatable bonds is 7. The van der Waals surface area contributed by atoms with Gasteiger partial charge in [-0.1, -0.05) is 84.9 Å². The largest absolute Gasteiger partial charge is 0.348 e. The molecule has 0 saturated carbocycles. The van der Waals surface area contributed by atoms with Crippen LogP contribution in [0.15, 0.2) is 84.9 Å². The van der Waals surface area contributed by atoms with E-state index in [0.717, 1.165) is 11.1 Å². The maximum atomic E-state index is 13.2. The van der Waals surface area contributed by atoms with Gasteiger partial charge >= 0.3 is 0 Å². The third-order valence-electron chi connectivity index (χ3n) is 5.97. The molecule has 1 heterocycles. The Labute approximate surface area is 189 Å². The second-order valence-electron chi connectivity index (χ2n) is 8.30. The van der Waals surface area contributed by atoms with E-state index in [4.69, 9.17) is 0 Å². The van der Waals surface area contributed by atoms with E-state index in [9.17, 15) is 9.59 Å². The zero-order valence-electron chi connectivity index (χ0n) is 18.3. The van der Waals surface area contributed by atoms with E-state index in [1.807, 2.05) is 79.7 Å². The van der Waals surface area contributed by atoms with Crippen LogP contribution in [0.3, 0.4) is 0 Å². The Morgan fingerprint density at radius 1 is 0.875 bits per heavy atom. The lowest BCUT2D eigenvalue weighted by Crippen LogP contribution is -2.55. The Morgan fingerprint density at radius 2 is 1.50 bits per heavy atom. The number of hydrogen-bond donors (Lipinski definition) is 3. The SMILES string of the molecule is CC(NC(=O)C(Cc1ccccc1)NC(=O)C1Cc2ccccc2CN1)c1ccccc1. The predicted octanol–water partition coefficient (Wildman–Crippen LogP) is 3.31. The fourth-order valence-corrected chi connectivity index (χ4v) is 4.11. The van der Waals surface area contributed by atoms with E-state index >= 15 is 0 Å². The maximum absolute atomic E-state index is 13.2. The fraction of sp³-hybridized carbons (Fsp3) is 0.259. The zero-order valence-corrected chi connectivity index (χ0v) is 18.3. The topological polar surface area (TPSA) is 70.2 Å². The lowest BCUT2D eigenvalue weighted by atomic mass is 9.95. The molecule has 5 heteroatoms. The first-order valence-electron chi connectivity index (χ1n) is 11.1. The highest BCUT2D eigenvalue weighted by molar-refractivity contribution is 5.90. The number of hydrogen-bond acceptors (Lipinski definition) is 3. The Balaban J connectivity index is 1.46. The summed E-state index contributed by atoms with van der Waals surface area (Å²) in [4.78, 5) is 26.3. The molecule has 1 aliphatic rings. The summed E-state index contributed by atoms with van der Waals surface area (Å²) in [5, 5.41) is 9.38. The molecule has 3 unspecified atom stereocenters. The van der Waals surface area contributed by atoms with E-state index in [1.165, 1.54) is 11.1 Å². The van der Waals surface area contributed by atoms with Crippen molar-refractivity contribution in [2.45, 2.75) is 44.4 Å². The molecule has 0 saturated heterocycles. The highest BCUT2D eigenvalue weighted by Gasteiger charge is 2.29. The number of carbonyl (C=O) groups is 2. The number of fused-ring (bicyclic) bond motifs is 1. The van der Waals surface area contributed by atoms with Gasteiger partial charge in [0.25, 0.3) is 0 Å². The van der Waals surface area contributed by atoms with Gasteiger partial charge in [-0.25, -0.2) is 0 Å². The summed E-state index contributed by atoms with van der Waals surface area (Å²) in [7, 11) is 0. The van der Waals surface area contributed by atoms with Gasteiger partial charge in [-0.3, -0.25) is 9.59 Å². The Morgan fingerprint density at radius 3 is 2.22 bits per heavy atom. The predicted molar refractivity (Wildman–Crippen MR) is 126 cm³/mol. The number of benzene rings is 3. The lowest BCUT2D eigenvalue weighted by molar-refractivity contribution is -0.130. The minimum absolute atomic E-state index is 0.150. The zero-order chi connectivity index (χ0) is 22.3. The third kappa shape index (κ3) is 5.42. The summed E-state index contributed by atoms with van der Waals surface area (Å²) >= 11 is 0. The van der Waals surface area contributed by atoms with Gasteiger partial charge in [0.2, 0.25) is 11.8 Å². The summed E-state index contributed by atoms with van der Waals surface area (Å²) < 4.78 is 0. The van der Waals surface area contributed by atoms with Crippen molar-refractivity contribution >= 4 is 11.8 Å². The van der Waals surface area contributed by atoms with E-state index in [1.54, 1.807) is 0 Å². The second-order valence-corrected chi connectivity index (χ2v) is 8.30. The van der Waals surface area contributed by atoms with Crippen LogP contribution in [0.5, 0.6) is 0 Å². The minimum Gasteiger partial charge on any atom is -0.348 e. The van der Waals surface area contributed by atoms with Gasteiger partial charge in [0.1, 0.15) is 6.04 Å². The molecule has 0 fully saturated rings. The Hall–Kier alpha value is -3.44. The van der Waals surface area contributed by atoms with Crippen molar-refractivity contribution in [2.24, 2.45) is 0 Å². The first-order valence-corrected chi connectivity index (χ1v) is 11.1. The molecule has 0 aromatic heterocycles. The first-order chi connectivity index (χ1) is 15.6. The standard InChI is InChI=1S/C27H29N3O2/c1-19(21-12-6-3-7-13-21)29-27(32)25(16-20-10-4-2-5-11-20)30-26(31)24-17-22-14-8-9-15-23(22)18-28-24/h2-15,19,24-25,28H,16-18H2,1H3,(H,29,32)(H,30,31). The third-order valence-corrected chi connectivity index (χ3v) is 5.97. The molecule has 2 amide bonds. The average Bonchev–Trinajstić information content (AvgIpc) is 2.84. The smallest absolute Gasteiger partial charge is 0.243 e. The summed E-state index contributed by atoms with van der Waals surface area (Å²) in [5.74, 6) is -0.335. The molecule has 3 atom stereocenters. The van der Waals surface area contributed by atoms with Gasteiger partial charge in [0.15, 0.2) is 0 Å². The fourth-order valence-electron chi connectivity index (χ4n) is 4.11. The van der Waals surface area contributed by atoms with Crippen LogP contribution in [0.2, 0.25) is 0 Å². The molecule has 1 aliphatic heterocycles. The molecule has 3 N–H and O–H groups in total. The van der Waals surface area contributed by atoms with Gasteiger partial charge in [0.05, 0.1) is 12.1 Å². The highest BCUT2D eigenvalue weighted by atomic mass is 16.2. The summed E-state index contributed by atoms with van der Waals surface area (Å²) in [6.07, 6.45) is 1.05. The normalized spacial score (nSPS) is 17.0. The van der Waals surface area contributed by atoms with Crippen molar-refractivity contribution in [3.05, 3.63) is 107 Å². The molecular formula is C27H29N3O2. The van der Waals surface area contributed by atoms with Crippen LogP contribution >= 0.6 is 0 Å². The van der Waals surface area contributed by atoms with Crippen LogP contribution in [0.25, 0.3) is 0 Å². The van der Waals surface area contributed by atoms with Crippen molar-refractivity contribution in [3.63, 3.8) is 0 Å². The van der Waals surface area contributed by atoms with Crippen LogP contribution in [0.4, 0.5) is 0 Å². The van der Waals surface area contributed by atoms with Crippen molar-refractivity contribution in [3.8, 4) is 0 Å². The molecule has 0 aliphatic carbocycles. The summed E-state index contributed by atoms with van der Waals surface area (Å²) in [5.41, 5.74) is 4.42. The lowest BCUT2D eigenvalue weighted by Gasteiger charge is -2.28. The second kappa shape index (κ2) is 10.2. The monoisotopic (exact) mass is 427 g/mol. The molecule has 5 nitrogen and oxygen atoms in total. The maximum Gasteiger partial charge on any atom is 0.243 e. The quantitative estimate of drug-likeness (QED) is 0.542. The first kappa shape index (κ1) is 21.8. The average molecular weight is 428 g/mol. The van der Waals surface area contributed by atoms with Crippen molar-refractivity contribution < 1.29 is 9.59 Å². The van der Waals surface area contributed by atoms with Crippen LogP contribution in [0, 0.1) is 0 Å². The van der Waals surface area contributed by atoms with Crippen LogP contribution in [0.1, 0.15) is 35.2 Å². The molecule has 0 radical (unpaired) electrons. The molecular weight excluding hydrogens is 398 g/mol. The number of amides is 2. The van der Waals surface area contributed by atoms with Crippen LogP contribution in [-0.2, 0) is 29.0 Å². The van der Waals surface area contributed by atoms with Crippen LogP contribution < -0.4 is 16.0 Å². The molecule has 3 aromatic carbocycles. The van der Waals surface area contributed by atoms with E-state index in [-0.39, 0.29) is 23.9 Å². The highest BCUT2D eigenvalue weighted by Crippen LogP contribution is 2.17. The van der Waals surface area contributed by atoms with E-state index in [0.29, 0.717) is 19.4 Å². The Kier molecular flexibility index (Phi) is 6.97. The number of carbonyl (C=O) groups excluding carboxylic acids is 2. The molecule has 4 rings (SSSR count). The Bertz CT molecular complexity index is 1050. The molecule has 164 valence electrons. The molecule has 3 aromatic rings. The van der Waals surface area contributed by atoms with Crippen molar-refractivity contribution in [1.82, 2.24) is 16.0 Å². The van der Waals surface area contributed by atoms with Crippen molar-refractivity contribution in [1.29, 1.82) is 0 Å². The summed E-state index contributed by atoms with van der Waals surface area (Å²) in [6, 6.07) is 26.6. The van der Waals surface area contributed by atoms with E-state index in [2.05, 4.69) is 28.1 Å². The molecule has 0 bridgehead atoms. The molecule has 32 heavy (non-hydrogen) atoms. The summed E-state index contributed by atoms with van der Waals surface area (Å²) in [6.45, 7) is 2.60. The van der Waals surface area contributed by atoms with Gasteiger partial charge in [-0.05, 0) is 35.6 Å². The van der Waals surface area contributed by atoms with Crippen molar-refractivity contribution in [2.75, 3.05) is 0 Å². The van der Waals surface area contributed by atoms with Crippen LogP contribution in [-0.4, -0.2) is 23.9 Å². The van der Waals surface area contributed by atoms with Gasteiger partial charge in [-0.15, -0.1) is 0 Å². The molecule has 0 spiro atoms. The minimum atomic E-state index is -0.657. The van der Waals surface area contributed by atoms with Gasteiger partial charge in [-0.2, -0.15) is 0 Å².